The zero-order valence-electron chi connectivity index (χ0n) is 9.90. The Balaban J connectivity index is 3.95. The number of rotatable bonds is 6. The SMILES string of the molecule is CC(C)(C)OCCN(CCCl)CC(F)(F)F. The Bertz CT molecular complexity index is 191. The average Bonchev–Trinajstić information content (AvgIpc) is 1.98. The van der Waals surface area contributed by atoms with Crippen LogP contribution in [0.2, 0.25) is 0 Å². The minimum absolute atomic E-state index is 0.186. The maximum absolute atomic E-state index is 12.2. The second-order valence-electron chi connectivity index (χ2n) is 4.54. The molecular formula is C10H19ClF3NO. The van der Waals surface area contributed by atoms with E-state index in [1.807, 2.05) is 20.8 Å². The largest absolute Gasteiger partial charge is 0.401 e. The van der Waals surface area contributed by atoms with Gasteiger partial charge in [-0.15, -0.1) is 11.6 Å². The highest BCUT2D eigenvalue weighted by Crippen LogP contribution is 2.16. The third kappa shape index (κ3) is 10.5. The molecule has 16 heavy (non-hydrogen) atoms. The van der Waals surface area contributed by atoms with E-state index in [1.54, 1.807) is 0 Å². The molecule has 0 unspecified atom stereocenters. The van der Waals surface area contributed by atoms with Crippen molar-refractivity contribution in [2.45, 2.75) is 32.5 Å². The molecule has 0 aromatic carbocycles. The first-order valence-electron chi connectivity index (χ1n) is 5.13. The van der Waals surface area contributed by atoms with Crippen LogP contribution in [0, 0.1) is 0 Å². The van der Waals surface area contributed by atoms with Crippen molar-refractivity contribution in [3.05, 3.63) is 0 Å². The molecule has 0 rings (SSSR count). The lowest BCUT2D eigenvalue weighted by Gasteiger charge is -2.25. The van der Waals surface area contributed by atoms with Crippen molar-refractivity contribution in [2.24, 2.45) is 0 Å². The van der Waals surface area contributed by atoms with Gasteiger partial charge in [-0.25, -0.2) is 0 Å². The highest BCUT2D eigenvalue weighted by Gasteiger charge is 2.30. The molecule has 0 amide bonds. The predicted molar refractivity (Wildman–Crippen MR) is 58.9 cm³/mol. The van der Waals surface area contributed by atoms with E-state index in [9.17, 15) is 13.2 Å². The van der Waals surface area contributed by atoms with Crippen molar-refractivity contribution in [2.75, 3.05) is 32.1 Å². The molecule has 0 aliphatic rings. The summed E-state index contributed by atoms with van der Waals surface area (Å²) in [4.78, 5) is 1.25. The summed E-state index contributed by atoms with van der Waals surface area (Å²) in [6, 6.07) is 0. The van der Waals surface area contributed by atoms with E-state index in [0.717, 1.165) is 0 Å². The quantitative estimate of drug-likeness (QED) is 0.682. The fourth-order valence-electron chi connectivity index (χ4n) is 1.12. The zero-order chi connectivity index (χ0) is 12.8. The Morgan fingerprint density at radius 2 is 1.69 bits per heavy atom. The molecule has 0 spiro atoms. The second-order valence-corrected chi connectivity index (χ2v) is 4.92. The molecule has 0 aliphatic carbocycles. The van der Waals surface area contributed by atoms with Crippen LogP contribution in [0.3, 0.4) is 0 Å². The maximum Gasteiger partial charge on any atom is 0.401 e. The summed E-state index contributed by atoms with van der Waals surface area (Å²) in [6.45, 7) is 5.38. The highest BCUT2D eigenvalue weighted by molar-refractivity contribution is 6.18. The van der Waals surface area contributed by atoms with E-state index in [2.05, 4.69) is 0 Å². The molecule has 0 bridgehead atoms. The Labute approximate surface area is 99.7 Å². The van der Waals surface area contributed by atoms with Crippen LogP contribution in [0.25, 0.3) is 0 Å². The summed E-state index contributed by atoms with van der Waals surface area (Å²) >= 11 is 5.44. The molecule has 0 aliphatic heterocycles. The lowest BCUT2D eigenvalue weighted by molar-refractivity contribution is -0.147. The van der Waals surface area contributed by atoms with Gasteiger partial charge >= 0.3 is 6.18 Å². The molecule has 2 nitrogen and oxygen atoms in total. The molecule has 0 aromatic rings. The third-order valence-electron chi connectivity index (χ3n) is 1.75. The van der Waals surface area contributed by atoms with Crippen LogP contribution in [-0.2, 0) is 4.74 Å². The summed E-state index contributed by atoms with van der Waals surface area (Å²) in [6.07, 6.45) is -4.19. The Hall–Kier alpha value is -0.0000000000000000555. The van der Waals surface area contributed by atoms with Crippen LogP contribution in [-0.4, -0.2) is 48.8 Å². The van der Waals surface area contributed by atoms with E-state index >= 15 is 0 Å². The molecule has 6 heteroatoms. The molecule has 0 aromatic heterocycles. The predicted octanol–water partition coefficient (Wildman–Crippen LogP) is 2.90. The number of hydrogen-bond acceptors (Lipinski definition) is 2. The summed E-state index contributed by atoms with van der Waals surface area (Å²) in [5.41, 5.74) is -0.329. The van der Waals surface area contributed by atoms with Gasteiger partial charge < -0.3 is 4.74 Å². The molecule has 0 fully saturated rings. The van der Waals surface area contributed by atoms with Crippen molar-refractivity contribution >= 4 is 11.6 Å². The van der Waals surface area contributed by atoms with Gasteiger partial charge in [0.05, 0.1) is 18.8 Å². The van der Waals surface area contributed by atoms with E-state index in [-0.39, 0.29) is 31.2 Å². The fourth-order valence-corrected chi connectivity index (χ4v) is 1.36. The summed E-state index contributed by atoms with van der Waals surface area (Å²) in [7, 11) is 0. The first kappa shape index (κ1) is 16.0. The van der Waals surface area contributed by atoms with Crippen molar-refractivity contribution in [1.29, 1.82) is 0 Å². The van der Waals surface area contributed by atoms with Gasteiger partial charge in [0.25, 0.3) is 0 Å². The first-order valence-corrected chi connectivity index (χ1v) is 5.66. The zero-order valence-corrected chi connectivity index (χ0v) is 10.7. The maximum atomic E-state index is 12.2. The Morgan fingerprint density at radius 1 is 1.12 bits per heavy atom. The molecule has 0 heterocycles. The molecule has 0 saturated heterocycles. The van der Waals surface area contributed by atoms with Gasteiger partial charge in [-0.3, -0.25) is 4.90 Å². The highest BCUT2D eigenvalue weighted by atomic mass is 35.5. The van der Waals surface area contributed by atoms with E-state index in [1.165, 1.54) is 4.90 Å². The number of halogens is 4. The molecule has 0 saturated carbocycles. The molecular weight excluding hydrogens is 243 g/mol. The monoisotopic (exact) mass is 261 g/mol. The summed E-state index contributed by atoms with van der Waals surface area (Å²) in [5.74, 6) is 0.186. The number of hydrogen-bond donors (Lipinski definition) is 0. The lowest BCUT2D eigenvalue weighted by atomic mass is 10.2. The van der Waals surface area contributed by atoms with E-state index in [4.69, 9.17) is 16.3 Å². The van der Waals surface area contributed by atoms with Crippen LogP contribution in [0.4, 0.5) is 13.2 Å². The van der Waals surface area contributed by atoms with E-state index in [0.29, 0.717) is 0 Å². The molecule has 0 N–H and O–H groups in total. The van der Waals surface area contributed by atoms with Gasteiger partial charge in [0.15, 0.2) is 0 Å². The lowest BCUT2D eigenvalue weighted by Crippen LogP contribution is -2.38. The van der Waals surface area contributed by atoms with Crippen molar-refractivity contribution in [3.8, 4) is 0 Å². The van der Waals surface area contributed by atoms with Crippen LogP contribution in [0.1, 0.15) is 20.8 Å². The number of alkyl halides is 4. The standard InChI is InChI=1S/C10H19ClF3NO/c1-9(2,3)16-7-6-15(5-4-11)8-10(12,13)14/h4-8H2,1-3H3. The molecule has 0 atom stereocenters. The number of nitrogens with zero attached hydrogens (tertiary/aromatic N) is 1. The van der Waals surface area contributed by atoms with E-state index < -0.39 is 12.7 Å². The van der Waals surface area contributed by atoms with Gasteiger partial charge in [-0.05, 0) is 20.8 Å². The Kier molecular flexibility index (Phi) is 6.67. The average molecular weight is 262 g/mol. The fraction of sp³-hybridized carbons (Fsp3) is 1.00. The van der Waals surface area contributed by atoms with Crippen LogP contribution >= 0.6 is 11.6 Å². The Morgan fingerprint density at radius 3 is 2.06 bits per heavy atom. The van der Waals surface area contributed by atoms with Crippen LogP contribution in [0.5, 0.6) is 0 Å². The second kappa shape index (κ2) is 6.67. The van der Waals surface area contributed by atoms with Gasteiger partial charge in [0, 0.05) is 19.0 Å². The minimum Gasteiger partial charge on any atom is -0.375 e. The normalized spacial score (nSPS) is 13.5. The summed E-state index contributed by atoms with van der Waals surface area (Å²) < 4.78 is 41.9. The molecule has 98 valence electrons. The van der Waals surface area contributed by atoms with Gasteiger partial charge in [0.1, 0.15) is 0 Å². The van der Waals surface area contributed by atoms with Crippen LogP contribution in [0.15, 0.2) is 0 Å². The van der Waals surface area contributed by atoms with Crippen molar-refractivity contribution in [3.63, 3.8) is 0 Å². The summed E-state index contributed by atoms with van der Waals surface area (Å²) in [5, 5.41) is 0. The minimum atomic E-state index is -4.19. The smallest absolute Gasteiger partial charge is 0.375 e. The molecule has 0 radical (unpaired) electrons. The van der Waals surface area contributed by atoms with Gasteiger partial charge in [-0.1, -0.05) is 0 Å². The first-order chi connectivity index (χ1) is 7.14. The van der Waals surface area contributed by atoms with Crippen molar-refractivity contribution in [1.82, 2.24) is 4.90 Å². The van der Waals surface area contributed by atoms with Gasteiger partial charge in [0.2, 0.25) is 0 Å². The van der Waals surface area contributed by atoms with Crippen molar-refractivity contribution < 1.29 is 17.9 Å². The number of ether oxygens (including phenoxy) is 1. The van der Waals surface area contributed by atoms with Crippen LogP contribution < -0.4 is 0 Å². The topological polar surface area (TPSA) is 12.5 Å². The third-order valence-corrected chi connectivity index (χ3v) is 1.92. The van der Waals surface area contributed by atoms with Gasteiger partial charge in [-0.2, -0.15) is 13.2 Å².